The Labute approximate surface area is 105 Å². The molecule has 98 valence electrons. The van der Waals surface area contributed by atoms with Crippen molar-refractivity contribution in [3.63, 3.8) is 0 Å². The van der Waals surface area contributed by atoms with Gasteiger partial charge in [-0.1, -0.05) is 26.1 Å². The molecule has 0 radical (unpaired) electrons. The van der Waals surface area contributed by atoms with Gasteiger partial charge >= 0.3 is 0 Å². The summed E-state index contributed by atoms with van der Waals surface area (Å²) in [4.78, 5) is 4.30. The highest BCUT2D eigenvalue weighted by atomic mass is 16.5. The summed E-state index contributed by atoms with van der Waals surface area (Å²) in [6.45, 7) is 1.62. The number of oxime groups is 1. The predicted molar refractivity (Wildman–Crippen MR) is 70.4 cm³/mol. The van der Waals surface area contributed by atoms with Gasteiger partial charge in [-0.15, -0.1) is 0 Å². The summed E-state index contributed by atoms with van der Waals surface area (Å²) >= 11 is 0. The molecule has 0 fully saturated rings. The van der Waals surface area contributed by atoms with Gasteiger partial charge in [0.15, 0.2) is 0 Å². The Bertz CT molecular complexity index is 583. The maximum absolute atomic E-state index is 11.4. The van der Waals surface area contributed by atoms with Crippen LogP contribution in [0, 0.1) is 5.21 Å². The van der Waals surface area contributed by atoms with Crippen molar-refractivity contribution in [2.45, 2.75) is 21.8 Å². The summed E-state index contributed by atoms with van der Waals surface area (Å²) in [6.07, 6.45) is 0. The van der Waals surface area contributed by atoms with E-state index in [-0.39, 0.29) is 26.3 Å². The third kappa shape index (κ3) is 2.62. The van der Waals surface area contributed by atoms with Crippen LogP contribution in [0.2, 0.25) is 0 Å². The maximum Gasteiger partial charge on any atom is 0.288 e. The van der Waals surface area contributed by atoms with Gasteiger partial charge in [-0.2, -0.15) is 0 Å². The molecule has 18 heavy (non-hydrogen) atoms. The molecule has 0 amide bonds. The second kappa shape index (κ2) is 5.76. The van der Waals surface area contributed by atoms with E-state index in [1.54, 1.807) is 19.1 Å². The highest BCUT2D eigenvalue weighted by Gasteiger charge is 2.10. The molecule has 0 aliphatic rings. The molecule has 0 bridgehead atoms. The molecule has 1 aromatic heterocycles. The van der Waals surface area contributed by atoms with Crippen LogP contribution in [0.25, 0.3) is 11.0 Å². The number of aromatic nitrogens is 3. The molecule has 0 unspecified atom stereocenters. The minimum absolute atomic E-state index is 0. The van der Waals surface area contributed by atoms with Gasteiger partial charge in [-0.25, -0.2) is 4.98 Å². The zero-order chi connectivity index (χ0) is 11.7. The average molecular weight is 251 g/mol. The van der Waals surface area contributed by atoms with Gasteiger partial charge in [0.25, 0.3) is 11.5 Å². The fraction of sp³-hybridized carbons (Fsp3) is 0.273. The molecule has 1 heterocycles. The van der Waals surface area contributed by atoms with E-state index in [4.69, 9.17) is 10.9 Å². The lowest BCUT2D eigenvalue weighted by Crippen LogP contribution is -2.33. The van der Waals surface area contributed by atoms with Crippen LogP contribution in [-0.4, -0.2) is 21.0 Å². The number of nitrogens with zero attached hydrogens (tertiary/aromatic N) is 4. The van der Waals surface area contributed by atoms with Gasteiger partial charge < -0.3 is 16.1 Å². The molecule has 0 aliphatic carbocycles. The number of fused-ring (bicyclic) bond motifs is 1. The Kier molecular flexibility index (Phi) is 4.98. The van der Waals surface area contributed by atoms with E-state index < -0.39 is 0 Å². The quantitative estimate of drug-likeness (QED) is 0.261. The van der Waals surface area contributed by atoms with Crippen LogP contribution < -0.4 is 10.6 Å². The molecule has 7 heteroatoms. The summed E-state index contributed by atoms with van der Waals surface area (Å²) in [7, 11) is 0. The second-order valence-electron chi connectivity index (χ2n) is 3.23. The van der Waals surface area contributed by atoms with Crippen LogP contribution in [0.15, 0.2) is 23.4 Å². The maximum atomic E-state index is 11.4. The highest BCUT2D eigenvalue weighted by molar-refractivity contribution is 6.00. The number of benzene rings is 1. The minimum Gasteiger partial charge on any atom is -0.594 e. The first kappa shape index (κ1) is 15.6. The zero-order valence-corrected chi connectivity index (χ0v) is 8.45. The molecular formula is C11H17N5O2. The Hall–Kier alpha value is -2.44. The van der Waals surface area contributed by atoms with Crippen molar-refractivity contribution in [2.24, 2.45) is 5.16 Å². The van der Waals surface area contributed by atoms with E-state index >= 15 is 0 Å². The summed E-state index contributed by atoms with van der Waals surface area (Å²) in [6, 6.07) is 4.84. The summed E-state index contributed by atoms with van der Waals surface area (Å²) in [5.41, 5.74) is 7.08. The van der Waals surface area contributed by atoms with Gasteiger partial charge in [0.2, 0.25) is 0 Å². The van der Waals surface area contributed by atoms with Crippen LogP contribution in [0.1, 0.15) is 27.3 Å². The lowest BCUT2D eigenvalue weighted by molar-refractivity contribution is -0.641. The summed E-state index contributed by atoms with van der Waals surface area (Å²) in [5.74, 6) is -0.0807. The van der Waals surface area contributed by atoms with E-state index in [0.717, 1.165) is 0 Å². The Morgan fingerprint density at radius 1 is 1.44 bits per heavy atom. The number of nitrogen functional groups attached to an aromatic ring is 1. The third-order valence-corrected chi connectivity index (χ3v) is 2.18. The number of rotatable bonds is 1. The van der Waals surface area contributed by atoms with E-state index in [1.165, 1.54) is 6.07 Å². The first-order valence-electron chi connectivity index (χ1n) is 4.48. The molecular weight excluding hydrogens is 234 g/mol. The first-order valence-corrected chi connectivity index (χ1v) is 4.48. The monoisotopic (exact) mass is 251 g/mol. The van der Waals surface area contributed by atoms with E-state index in [2.05, 4.69) is 15.2 Å². The normalized spacial score (nSPS) is 10.6. The van der Waals surface area contributed by atoms with Crippen molar-refractivity contribution in [3.8, 4) is 0 Å². The van der Waals surface area contributed by atoms with Gasteiger partial charge in [-0.05, 0) is 17.8 Å². The van der Waals surface area contributed by atoms with Gasteiger partial charge in [0.1, 0.15) is 5.52 Å². The highest BCUT2D eigenvalue weighted by Crippen LogP contribution is 2.11. The fourth-order valence-corrected chi connectivity index (χ4v) is 1.35. The van der Waals surface area contributed by atoms with E-state index in [0.29, 0.717) is 21.6 Å². The molecule has 7 nitrogen and oxygen atoms in total. The zero-order valence-electron chi connectivity index (χ0n) is 8.45. The second-order valence-corrected chi connectivity index (χ2v) is 3.23. The molecule has 0 atom stereocenters. The van der Waals surface area contributed by atoms with Crippen molar-refractivity contribution in [2.75, 3.05) is 5.73 Å². The number of anilines is 1. The van der Waals surface area contributed by atoms with Gasteiger partial charge in [-0.3, -0.25) is 0 Å². The first-order chi connectivity index (χ1) is 7.61. The molecule has 0 saturated carbocycles. The molecule has 2 aromatic rings. The average Bonchev–Trinajstić information content (AvgIpc) is 2.27. The van der Waals surface area contributed by atoms with Crippen LogP contribution in [0.4, 0.5) is 5.95 Å². The standard InChI is InChI=1S/C9H9N5O2.2CH4/c1-5(13-15)6-2-3-7-8(4-6)14(16)12-9(10)11-7;;/h2-4,15H,1H3,(H2,10,11,12);2*1H4/b13-5+;;. The fourth-order valence-electron chi connectivity index (χ4n) is 1.35. The lowest BCUT2D eigenvalue weighted by Gasteiger charge is -2.01. The van der Waals surface area contributed by atoms with Crippen molar-refractivity contribution >= 4 is 22.7 Å². The lowest BCUT2D eigenvalue weighted by atomic mass is 10.1. The number of hydrogen-bond donors (Lipinski definition) is 2. The SMILES string of the molecule is C.C.C/C(=N\O)c1ccc2nc(N)n[n+]([O-])c2c1. The molecule has 1 aromatic carbocycles. The Morgan fingerprint density at radius 3 is 2.72 bits per heavy atom. The van der Waals surface area contributed by atoms with Crippen LogP contribution in [-0.2, 0) is 0 Å². The third-order valence-electron chi connectivity index (χ3n) is 2.18. The minimum atomic E-state index is -0.0807. The number of hydrogen-bond acceptors (Lipinski definition) is 6. The Morgan fingerprint density at radius 2 is 2.11 bits per heavy atom. The van der Waals surface area contributed by atoms with Crippen LogP contribution in [0.5, 0.6) is 0 Å². The van der Waals surface area contributed by atoms with Gasteiger partial charge in [0, 0.05) is 11.6 Å². The van der Waals surface area contributed by atoms with Crippen molar-refractivity contribution in [3.05, 3.63) is 29.0 Å². The van der Waals surface area contributed by atoms with Crippen LogP contribution in [0.3, 0.4) is 0 Å². The van der Waals surface area contributed by atoms with Crippen LogP contribution >= 0.6 is 0 Å². The smallest absolute Gasteiger partial charge is 0.288 e. The Balaban J connectivity index is 0.00000144. The topological polar surface area (TPSA) is 111 Å². The van der Waals surface area contributed by atoms with Crippen molar-refractivity contribution in [1.82, 2.24) is 10.1 Å². The predicted octanol–water partition coefficient (Wildman–Crippen LogP) is 1.32. The molecule has 2 rings (SSSR count). The molecule has 0 aliphatic heterocycles. The summed E-state index contributed by atoms with van der Waals surface area (Å²) in [5, 5.41) is 26.6. The van der Waals surface area contributed by atoms with E-state index in [1.807, 2.05) is 0 Å². The largest absolute Gasteiger partial charge is 0.594 e. The van der Waals surface area contributed by atoms with Crippen molar-refractivity contribution < 1.29 is 10.1 Å². The molecule has 0 saturated heterocycles. The van der Waals surface area contributed by atoms with Gasteiger partial charge in [0.05, 0.1) is 10.8 Å². The number of nitrogens with two attached hydrogens (primary N) is 1. The summed E-state index contributed by atoms with van der Waals surface area (Å²) < 4.78 is 0. The van der Waals surface area contributed by atoms with Crippen molar-refractivity contribution in [1.29, 1.82) is 0 Å². The molecule has 3 N–H and O–H groups in total. The molecule has 0 spiro atoms. The van der Waals surface area contributed by atoms with E-state index in [9.17, 15) is 5.21 Å².